The Morgan fingerprint density at radius 2 is 1.78 bits per heavy atom. The van der Waals surface area contributed by atoms with Gasteiger partial charge in [-0.15, -0.1) is 0 Å². The molecular formula is C22H27N3O2. The fourth-order valence-corrected chi connectivity index (χ4v) is 6.54. The Morgan fingerprint density at radius 3 is 2.48 bits per heavy atom. The number of nitrogens with zero attached hydrogens (tertiary/aromatic N) is 2. The van der Waals surface area contributed by atoms with Gasteiger partial charge in [-0.05, 0) is 80.2 Å². The fourth-order valence-electron chi connectivity index (χ4n) is 6.54. The molecule has 5 heteroatoms. The molecule has 27 heavy (non-hydrogen) atoms. The molecule has 0 radical (unpaired) electrons. The van der Waals surface area contributed by atoms with Crippen LogP contribution in [0.15, 0.2) is 35.3 Å². The summed E-state index contributed by atoms with van der Waals surface area (Å²) in [6.07, 6.45) is 10.8. The van der Waals surface area contributed by atoms with Crippen LogP contribution in [-0.2, 0) is 11.3 Å². The molecule has 0 saturated heterocycles. The normalized spacial score (nSPS) is 31.3. The number of amides is 1. The molecule has 1 aromatic carbocycles. The van der Waals surface area contributed by atoms with E-state index < -0.39 is 0 Å². The second-order valence-corrected chi connectivity index (χ2v) is 9.19. The number of carbonyl (C=O) groups excluding carboxylic acids is 1. The standard InChI is InChI=1S/C22H27N3O2/c26-20(14-25-19-4-2-1-3-18(19)24-13-21(25)27)23-6-5-22-10-15-7-16(11-22)9-17(8-15)12-22/h1-4,13,15-17H,5-12,14H2,(H,23,26). The van der Waals surface area contributed by atoms with Crippen molar-refractivity contribution in [1.29, 1.82) is 0 Å². The fraction of sp³-hybridized carbons (Fsp3) is 0.591. The first-order valence-corrected chi connectivity index (χ1v) is 10.3. The zero-order valence-electron chi connectivity index (χ0n) is 15.7. The van der Waals surface area contributed by atoms with Gasteiger partial charge < -0.3 is 5.32 Å². The van der Waals surface area contributed by atoms with Crippen molar-refractivity contribution in [3.05, 3.63) is 40.8 Å². The Morgan fingerprint density at radius 1 is 1.11 bits per heavy atom. The summed E-state index contributed by atoms with van der Waals surface area (Å²) < 4.78 is 1.52. The quantitative estimate of drug-likeness (QED) is 0.885. The van der Waals surface area contributed by atoms with Gasteiger partial charge >= 0.3 is 0 Å². The van der Waals surface area contributed by atoms with Crippen molar-refractivity contribution in [2.45, 2.75) is 51.5 Å². The Labute approximate surface area is 159 Å². The van der Waals surface area contributed by atoms with Gasteiger partial charge in [0.1, 0.15) is 6.54 Å². The predicted octanol–water partition coefficient (Wildman–Crippen LogP) is 3.12. The second kappa shape index (κ2) is 6.47. The van der Waals surface area contributed by atoms with Gasteiger partial charge in [0.15, 0.2) is 0 Å². The van der Waals surface area contributed by atoms with Crippen molar-refractivity contribution in [2.75, 3.05) is 6.54 Å². The summed E-state index contributed by atoms with van der Waals surface area (Å²) in [5, 5.41) is 3.08. The van der Waals surface area contributed by atoms with Gasteiger partial charge in [0, 0.05) is 6.54 Å². The summed E-state index contributed by atoms with van der Waals surface area (Å²) in [5.41, 5.74) is 1.69. The lowest BCUT2D eigenvalue weighted by Gasteiger charge is -2.57. The van der Waals surface area contributed by atoms with Crippen molar-refractivity contribution >= 4 is 16.9 Å². The molecule has 2 aromatic rings. The van der Waals surface area contributed by atoms with Crippen LogP contribution in [-0.4, -0.2) is 22.0 Å². The van der Waals surface area contributed by atoms with Crippen molar-refractivity contribution in [3.63, 3.8) is 0 Å². The second-order valence-electron chi connectivity index (χ2n) is 9.19. The van der Waals surface area contributed by atoms with Crippen molar-refractivity contribution in [1.82, 2.24) is 14.9 Å². The molecule has 1 heterocycles. The van der Waals surface area contributed by atoms with Gasteiger partial charge in [0.25, 0.3) is 5.56 Å². The summed E-state index contributed by atoms with van der Waals surface area (Å²) >= 11 is 0. The van der Waals surface area contributed by atoms with Gasteiger partial charge in [-0.1, -0.05) is 12.1 Å². The maximum Gasteiger partial charge on any atom is 0.269 e. The first-order valence-electron chi connectivity index (χ1n) is 10.3. The van der Waals surface area contributed by atoms with E-state index >= 15 is 0 Å². The van der Waals surface area contributed by atoms with E-state index in [1.807, 2.05) is 24.3 Å². The zero-order valence-corrected chi connectivity index (χ0v) is 15.7. The van der Waals surface area contributed by atoms with Crippen LogP contribution in [0.4, 0.5) is 0 Å². The molecule has 0 aliphatic heterocycles. The number of benzene rings is 1. The summed E-state index contributed by atoms with van der Waals surface area (Å²) in [7, 11) is 0. The maximum atomic E-state index is 12.5. The van der Waals surface area contributed by atoms with Gasteiger partial charge in [0.2, 0.25) is 5.91 Å². The molecule has 4 fully saturated rings. The van der Waals surface area contributed by atoms with Gasteiger partial charge in [-0.2, -0.15) is 0 Å². The molecule has 6 rings (SSSR count). The van der Waals surface area contributed by atoms with E-state index in [9.17, 15) is 9.59 Å². The number of carbonyl (C=O) groups is 1. The average Bonchev–Trinajstić information content (AvgIpc) is 2.63. The minimum Gasteiger partial charge on any atom is -0.355 e. The number of rotatable bonds is 5. The molecule has 1 N–H and O–H groups in total. The Hall–Kier alpha value is -2.17. The highest BCUT2D eigenvalue weighted by atomic mass is 16.2. The van der Waals surface area contributed by atoms with Crippen LogP contribution in [0.2, 0.25) is 0 Å². The Balaban J connectivity index is 1.22. The van der Waals surface area contributed by atoms with Crippen LogP contribution in [0, 0.1) is 23.2 Å². The number of aromatic nitrogens is 2. The first-order chi connectivity index (χ1) is 13.1. The number of nitrogens with one attached hydrogen (secondary N) is 1. The molecule has 0 unspecified atom stereocenters. The van der Waals surface area contributed by atoms with E-state index in [1.54, 1.807) is 0 Å². The summed E-state index contributed by atoms with van der Waals surface area (Å²) in [6.45, 7) is 0.783. The number of hydrogen-bond donors (Lipinski definition) is 1. The lowest BCUT2D eigenvalue weighted by molar-refractivity contribution is -0.122. The molecule has 4 bridgehead atoms. The van der Waals surface area contributed by atoms with Crippen LogP contribution < -0.4 is 10.9 Å². The van der Waals surface area contributed by atoms with E-state index in [4.69, 9.17) is 0 Å². The van der Waals surface area contributed by atoms with Crippen molar-refractivity contribution in [2.24, 2.45) is 23.2 Å². The van der Waals surface area contributed by atoms with Crippen molar-refractivity contribution < 1.29 is 4.79 Å². The lowest BCUT2D eigenvalue weighted by Crippen LogP contribution is -2.47. The molecule has 1 amide bonds. The molecule has 0 atom stereocenters. The molecule has 5 nitrogen and oxygen atoms in total. The monoisotopic (exact) mass is 365 g/mol. The van der Waals surface area contributed by atoms with E-state index in [1.165, 1.54) is 49.3 Å². The smallest absolute Gasteiger partial charge is 0.269 e. The summed E-state index contributed by atoms with van der Waals surface area (Å²) in [5.74, 6) is 2.73. The minimum atomic E-state index is -0.232. The lowest BCUT2D eigenvalue weighted by atomic mass is 9.49. The van der Waals surface area contributed by atoms with Crippen molar-refractivity contribution in [3.8, 4) is 0 Å². The largest absolute Gasteiger partial charge is 0.355 e. The number of fused-ring (bicyclic) bond motifs is 1. The predicted molar refractivity (Wildman–Crippen MR) is 104 cm³/mol. The summed E-state index contributed by atoms with van der Waals surface area (Å²) in [4.78, 5) is 28.8. The molecule has 0 spiro atoms. The van der Waals surface area contributed by atoms with E-state index in [0.29, 0.717) is 10.9 Å². The molecular weight excluding hydrogens is 338 g/mol. The zero-order chi connectivity index (χ0) is 18.4. The van der Waals surface area contributed by atoms with Crippen LogP contribution in [0.1, 0.15) is 44.9 Å². The molecule has 4 aliphatic rings. The van der Waals surface area contributed by atoms with E-state index in [2.05, 4.69) is 10.3 Å². The average molecular weight is 365 g/mol. The van der Waals surface area contributed by atoms with E-state index in [-0.39, 0.29) is 18.0 Å². The van der Waals surface area contributed by atoms with Crippen LogP contribution in [0.5, 0.6) is 0 Å². The van der Waals surface area contributed by atoms with Gasteiger partial charge in [-0.3, -0.25) is 14.2 Å². The molecule has 4 aliphatic carbocycles. The molecule has 4 saturated carbocycles. The third kappa shape index (κ3) is 3.17. The third-order valence-electron chi connectivity index (χ3n) is 7.20. The van der Waals surface area contributed by atoms with Gasteiger partial charge in [0.05, 0.1) is 17.2 Å². The SMILES string of the molecule is O=C(Cn1c(=O)cnc2ccccc21)NCCC12CC3CC(CC(C3)C1)C2. The minimum absolute atomic E-state index is 0.0583. The molecule has 142 valence electrons. The number of hydrogen-bond acceptors (Lipinski definition) is 3. The highest BCUT2D eigenvalue weighted by molar-refractivity contribution is 5.79. The third-order valence-corrected chi connectivity index (χ3v) is 7.20. The van der Waals surface area contributed by atoms with Gasteiger partial charge in [-0.25, -0.2) is 4.98 Å². The Kier molecular flexibility index (Phi) is 4.06. The highest BCUT2D eigenvalue weighted by Gasteiger charge is 2.50. The van der Waals surface area contributed by atoms with Crippen LogP contribution in [0.25, 0.3) is 11.0 Å². The van der Waals surface area contributed by atoms with Crippen LogP contribution in [0.3, 0.4) is 0 Å². The summed E-state index contributed by atoms with van der Waals surface area (Å²) in [6, 6.07) is 7.45. The molecule has 1 aromatic heterocycles. The first kappa shape index (κ1) is 17.0. The highest BCUT2D eigenvalue weighted by Crippen LogP contribution is 2.61. The topological polar surface area (TPSA) is 64.0 Å². The van der Waals surface area contributed by atoms with E-state index in [0.717, 1.165) is 36.2 Å². The Bertz CT molecular complexity index is 897. The number of para-hydroxylation sites is 2. The van der Waals surface area contributed by atoms with Crippen LogP contribution >= 0.6 is 0 Å². The maximum absolute atomic E-state index is 12.5.